The van der Waals surface area contributed by atoms with Crippen molar-refractivity contribution in [2.45, 2.75) is 27.3 Å². The Hall–Kier alpha value is -3.66. The van der Waals surface area contributed by atoms with Crippen molar-refractivity contribution >= 4 is 23.1 Å². The van der Waals surface area contributed by atoms with Gasteiger partial charge < -0.3 is 4.90 Å². The summed E-state index contributed by atoms with van der Waals surface area (Å²) in [6, 6.07) is 23.4. The molecule has 0 radical (unpaired) electrons. The molecule has 4 heteroatoms. The van der Waals surface area contributed by atoms with Crippen molar-refractivity contribution in [2.24, 2.45) is 0 Å². The fourth-order valence-corrected chi connectivity index (χ4v) is 4.00. The molecule has 0 bridgehead atoms. The van der Waals surface area contributed by atoms with E-state index in [0.29, 0.717) is 23.5 Å². The van der Waals surface area contributed by atoms with E-state index >= 15 is 0 Å². The van der Waals surface area contributed by atoms with E-state index in [4.69, 9.17) is 0 Å². The highest BCUT2D eigenvalue weighted by atomic mass is 16.2. The van der Waals surface area contributed by atoms with Crippen LogP contribution in [0.3, 0.4) is 0 Å². The van der Waals surface area contributed by atoms with Crippen LogP contribution in [-0.4, -0.2) is 23.8 Å². The maximum Gasteiger partial charge on any atom is 0.282 e. The number of nitrogens with zero attached hydrogens (tertiary/aromatic N) is 2. The fourth-order valence-electron chi connectivity index (χ4n) is 4.00. The number of rotatable bonds is 5. The highest BCUT2D eigenvalue weighted by Crippen LogP contribution is 2.36. The third kappa shape index (κ3) is 3.77. The first-order valence-corrected chi connectivity index (χ1v) is 10.4. The zero-order chi connectivity index (χ0) is 22.1. The summed E-state index contributed by atoms with van der Waals surface area (Å²) < 4.78 is 0. The molecule has 4 rings (SSSR count). The smallest absolute Gasteiger partial charge is 0.282 e. The number of aryl methyl sites for hydroxylation is 3. The average molecular weight is 411 g/mol. The number of carbonyl (C=O) groups excluding carboxylic acids is 2. The van der Waals surface area contributed by atoms with Gasteiger partial charge in [0, 0.05) is 13.6 Å². The molecule has 1 aliphatic rings. The second-order valence-electron chi connectivity index (χ2n) is 8.10. The molecule has 31 heavy (non-hydrogen) atoms. The fraction of sp³-hybridized carbons (Fsp3) is 0.185. The van der Waals surface area contributed by atoms with Gasteiger partial charge in [-0.1, -0.05) is 66.7 Å². The van der Waals surface area contributed by atoms with Crippen LogP contribution in [0.15, 0.2) is 78.5 Å². The Bertz CT molecular complexity index is 1190. The van der Waals surface area contributed by atoms with Gasteiger partial charge in [0.25, 0.3) is 11.8 Å². The zero-order valence-corrected chi connectivity index (χ0v) is 18.3. The van der Waals surface area contributed by atoms with Crippen LogP contribution in [0.4, 0.5) is 5.69 Å². The van der Waals surface area contributed by atoms with E-state index in [1.807, 2.05) is 106 Å². The minimum atomic E-state index is -0.286. The summed E-state index contributed by atoms with van der Waals surface area (Å²) in [6.45, 7) is 6.51. The van der Waals surface area contributed by atoms with Gasteiger partial charge in [0.1, 0.15) is 5.70 Å². The number of anilines is 1. The first kappa shape index (κ1) is 20.6. The Morgan fingerprint density at radius 1 is 0.742 bits per heavy atom. The highest BCUT2D eigenvalue weighted by Gasteiger charge is 2.42. The van der Waals surface area contributed by atoms with Gasteiger partial charge >= 0.3 is 0 Å². The van der Waals surface area contributed by atoms with E-state index in [9.17, 15) is 9.59 Å². The molecule has 0 aliphatic carbocycles. The predicted octanol–water partition coefficient (Wildman–Crippen LogP) is 5.03. The van der Waals surface area contributed by atoms with E-state index in [2.05, 4.69) is 0 Å². The summed E-state index contributed by atoms with van der Waals surface area (Å²) in [6.07, 6.45) is 0. The van der Waals surface area contributed by atoms with Crippen molar-refractivity contribution in [2.75, 3.05) is 11.9 Å². The molecule has 0 saturated heterocycles. The number of carbonyl (C=O) groups is 2. The van der Waals surface area contributed by atoms with Crippen LogP contribution in [0.2, 0.25) is 0 Å². The molecule has 0 atom stereocenters. The molecule has 3 aromatic rings. The van der Waals surface area contributed by atoms with Crippen LogP contribution >= 0.6 is 0 Å². The van der Waals surface area contributed by atoms with E-state index in [-0.39, 0.29) is 11.8 Å². The molecule has 0 N–H and O–H groups in total. The monoisotopic (exact) mass is 410 g/mol. The Morgan fingerprint density at radius 2 is 1.42 bits per heavy atom. The number of likely N-dealkylation sites (N-methyl/N-ethyl adjacent to an activating group) is 1. The maximum atomic E-state index is 13.7. The molecule has 2 amide bonds. The molecule has 0 fully saturated rings. The topological polar surface area (TPSA) is 40.6 Å². The quantitative estimate of drug-likeness (QED) is 0.554. The summed E-state index contributed by atoms with van der Waals surface area (Å²) in [4.78, 5) is 30.5. The number of para-hydroxylation sites is 1. The Kier molecular flexibility index (Phi) is 5.47. The number of imide groups is 1. The number of hydrogen-bond donors (Lipinski definition) is 0. The van der Waals surface area contributed by atoms with Crippen LogP contribution in [0.5, 0.6) is 0 Å². The highest BCUT2D eigenvalue weighted by molar-refractivity contribution is 6.45. The van der Waals surface area contributed by atoms with Gasteiger partial charge in [-0.3, -0.25) is 9.59 Å². The van der Waals surface area contributed by atoms with Crippen molar-refractivity contribution < 1.29 is 9.59 Å². The maximum absolute atomic E-state index is 13.7. The Labute approximate surface area is 183 Å². The third-order valence-corrected chi connectivity index (χ3v) is 5.86. The largest absolute Gasteiger partial charge is 0.365 e. The first-order valence-electron chi connectivity index (χ1n) is 10.4. The lowest BCUT2D eigenvalue weighted by molar-refractivity contribution is -0.120. The summed E-state index contributed by atoms with van der Waals surface area (Å²) in [5, 5.41) is 0. The van der Waals surface area contributed by atoms with E-state index in [0.717, 1.165) is 27.8 Å². The Morgan fingerprint density at radius 3 is 2.10 bits per heavy atom. The van der Waals surface area contributed by atoms with Gasteiger partial charge in [0.15, 0.2) is 0 Å². The SMILES string of the molecule is Cc1ccc(C2=C(N(C)Cc3ccccc3)C(=O)N(c3ccccc3C)C2=O)cc1C. The standard InChI is InChI=1S/C27H26N2O2/c1-18-14-15-22(16-20(18)3)24-25(28(4)17-21-11-6-5-7-12-21)27(31)29(26(24)30)23-13-9-8-10-19(23)2/h5-16H,17H2,1-4H3. The van der Waals surface area contributed by atoms with Crippen molar-refractivity contribution in [1.29, 1.82) is 0 Å². The minimum absolute atomic E-state index is 0.280. The molecule has 0 unspecified atom stereocenters. The lowest BCUT2D eigenvalue weighted by Crippen LogP contribution is -2.34. The van der Waals surface area contributed by atoms with Gasteiger partial charge in [-0.25, -0.2) is 4.90 Å². The van der Waals surface area contributed by atoms with Crippen molar-refractivity contribution in [3.63, 3.8) is 0 Å². The molecule has 3 aromatic carbocycles. The molecule has 1 heterocycles. The average Bonchev–Trinajstić information content (AvgIpc) is 3.01. The predicted molar refractivity (Wildman–Crippen MR) is 124 cm³/mol. The summed E-state index contributed by atoms with van der Waals surface area (Å²) in [7, 11) is 1.87. The van der Waals surface area contributed by atoms with E-state index in [1.54, 1.807) is 0 Å². The van der Waals surface area contributed by atoms with Crippen LogP contribution in [-0.2, 0) is 16.1 Å². The normalized spacial score (nSPS) is 13.9. The van der Waals surface area contributed by atoms with Crippen LogP contribution in [0.1, 0.15) is 27.8 Å². The molecular formula is C27H26N2O2. The molecular weight excluding hydrogens is 384 g/mol. The van der Waals surface area contributed by atoms with Gasteiger partial charge in [-0.15, -0.1) is 0 Å². The van der Waals surface area contributed by atoms with Crippen LogP contribution < -0.4 is 4.90 Å². The van der Waals surface area contributed by atoms with Crippen molar-refractivity contribution in [3.05, 3.63) is 106 Å². The number of hydrogen-bond acceptors (Lipinski definition) is 3. The molecule has 0 saturated carbocycles. The summed E-state index contributed by atoms with van der Waals surface area (Å²) in [5.74, 6) is -0.566. The number of benzene rings is 3. The zero-order valence-electron chi connectivity index (χ0n) is 18.3. The minimum Gasteiger partial charge on any atom is -0.365 e. The lowest BCUT2D eigenvalue weighted by atomic mass is 9.99. The second kappa shape index (κ2) is 8.23. The van der Waals surface area contributed by atoms with E-state index in [1.165, 1.54) is 4.90 Å². The third-order valence-electron chi connectivity index (χ3n) is 5.86. The van der Waals surface area contributed by atoms with Gasteiger partial charge in [-0.05, 0) is 54.7 Å². The van der Waals surface area contributed by atoms with Crippen molar-refractivity contribution in [1.82, 2.24) is 4.90 Å². The molecule has 156 valence electrons. The van der Waals surface area contributed by atoms with Crippen molar-refractivity contribution in [3.8, 4) is 0 Å². The molecule has 1 aliphatic heterocycles. The molecule has 0 spiro atoms. The Balaban J connectivity index is 1.84. The summed E-state index contributed by atoms with van der Waals surface area (Å²) in [5.41, 5.74) is 6.48. The lowest BCUT2D eigenvalue weighted by Gasteiger charge is -2.22. The molecule has 4 nitrogen and oxygen atoms in total. The number of amides is 2. The van der Waals surface area contributed by atoms with Crippen LogP contribution in [0.25, 0.3) is 5.57 Å². The van der Waals surface area contributed by atoms with Gasteiger partial charge in [0.05, 0.1) is 11.3 Å². The van der Waals surface area contributed by atoms with Gasteiger partial charge in [0.2, 0.25) is 0 Å². The van der Waals surface area contributed by atoms with Crippen LogP contribution in [0, 0.1) is 20.8 Å². The van der Waals surface area contributed by atoms with E-state index < -0.39 is 0 Å². The second-order valence-corrected chi connectivity index (χ2v) is 8.10. The summed E-state index contributed by atoms with van der Waals surface area (Å²) >= 11 is 0. The molecule has 0 aromatic heterocycles. The first-order chi connectivity index (χ1) is 14.9. The van der Waals surface area contributed by atoms with Gasteiger partial charge in [-0.2, -0.15) is 0 Å².